The van der Waals surface area contributed by atoms with E-state index in [2.05, 4.69) is 4.98 Å². The zero-order valence-corrected chi connectivity index (χ0v) is 7.06. The van der Waals surface area contributed by atoms with E-state index in [0.717, 1.165) is 11.1 Å². The van der Waals surface area contributed by atoms with Crippen LogP contribution in [0.15, 0.2) is 12.4 Å². The van der Waals surface area contributed by atoms with Gasteiger partial charge in [-0.2, -0.15) is 0 Å². The van der Waals surface area contributed by atoms with Gasteiger partial charge in [0.15, 0.2) is 0 Å². The van der Waals surface area contributed by atoms with Crippen molar-refractivity contribution in [3.8, 4) is 0 Å². The molecule has 0 aliphatic rings. The smallest absolute Gasteiger partial charge is 0.144 e. The second kappa shape index (κ2) is 2.99. The minimum absolute atomic E-state index is 0.212. The fourth-order valence-corrected chi connectivity index (χ4v) is 1.10. The van der Waals surface area contributed by atoms with Crippen LogP contribution < -0.4 is 0 Å². The molecule has 1 aromatic heterocycles. The highest BCUT2D eigenvalue weighted by molar-refractivity contribution is 5.25. The lowest BCUT2D eigenvalue weighted by Crippen LogP contribution is -1.96. The van der Waals surface area contributed by atoms with Crippen molar-refractivity contribution in [1.82, 2.24) is 4.98 Å². The van der Waals surface area contributed by atoms with Gasteiger partial charge in [-0.05, 0) is 24.0 Å². The van der Waals surface area contributed by atoms with Crippen molar-refractivity contribution in [2.45, 2.75) is 26.7 Å². The van der Waals surface area contributed by atoms with E-state index < -0.39 is 0 Å². The molecule has 0 saturated carbocycles. The molecule has 0 bridgehead atoms. The van der Waals surface area contributed by atoms with E-state index in [1.165, 1.54) is 6.20 Å². The molecule has 1 aromatic rings. The zero-order valence-electron chi connectivity index (χ0n) is 7.06. The molecule has 0 saturated heterocycles. The predicted octanol–water partition coefficient (Wildman–Crippen LogP) is 2.65. The topological polar surface area (TPSA) is 12.9 Å². The van der Waals surface area contributed by atoms with E-state index in [9.17, 15) is 4.39 Å². The minimum Gasteiger partial charge on any atom is -0.261 e. The molecule has 2 heteroatoms. The molecule has 1 heterocycles. The largest absolute Gasteiger partial charge is 0.261 e. The summed E-state index contributed by atoms with van der Waals surface area (Å²) in [5.41, 5.74) is 1.71. The first kappa shape index (κ1) is 8.18. The van der Waals surface area contributed by atoms with E-state index in [-0.39, 0.29) is 5.82 Å². The molecule has 0 aliphatic heterocycles. The lowest BCUT2D eigenvalue weighted by Gasteiger charge is -2.08. The molecule has 0 radical (unpaired) electrons. The maximum Gasteiger partial charge on any atom is 0.144 e. The molecular weight excluding hydrogens is 141 g/mol. The monoisotopic (exact) mass is 153 g/mol. The van der Waals surface area contributed by atoms with Crippen LogP contribution in [0.5, 0.6) is 0 Å². The molecule has 0 N–H and O–H groups in total. The Kier molecular flexibility index (Phi) is 2.22. The Morgan fingerprint density at radius 3 is 2.45 bits per heavy atom. The number of nitrogens with zero attached hydrogens (tertiary/aromatic N) is 1. The van der Waals surface area contributed by atoms with Crippen LogP contribution in [0.2, 0.25) is 0 Å². The Morgan fingerprint density at radius 2 is 2.00 bits per heavy atom. The number of halogens is 1. The average Bonchev–Trinajstić information content (AvgIpc) is 1.94. The molecule has 0 unspecified atom stereocenters. The van der Waals surface area contributed by atoms with Gasteiger partial charge < -0.3 is 0 Å². The summed E-state index contributed by atoms with van der Waals surface area (Å²) in [6.07, 6.45) is 2.98. The molecular formula is C9H12FN. The molecule has 1 rings (SSSR count). The lowest BCUT2D eigenvalue weighted by molar-refractivity contribution is 0.605. The SMILES string of the molecule is Cc1c(F)cncc1C(C)C. The number of hydrogen-bond donors (Lipinski definition) is 0. The lowest BCUT2D eigenvalue weighted by atomic mass is 10.0. The van der Waals surface area contributed by atoms with Gasteiger partial charge in [-0.3, -0.25) is 4.98 Å². The number of aromatic nitrogens is 1. The highest BCUT2D eigenvalue weighted by Crippen LogP contribution is 2.18. The molecule has 0 aliphatic carbocycles. The Bertz CT molecular complexity index is 256. The summed E-state index contributed by atoms with van der Waals surface area (Å²) in [5, 5.41) is 0. The fourth-order valence-electron chi connectivity index (χ4n) is 1.10. The first-order valence-corrected chi connectivity index (χ1v) is 3.73. The summed E-state index contributed by atoms with van der Waals surface area (Å²) in [7, 11) is 0. The maximum atomic E-state index is 12.9. The second-order valence-electron chi connectivity index (χ2n) is 2.99. The predicted molar refractivity (Wildman–Crippen MR) is 43.0 cm³/mol. The van der Waals surface area contributed by atoms with E-state index >= 15 is 0 Å². The van der Waals surface area contributed by atoms with Crippen molar-refractivity contribution < 1.29 is 4.39 Å². The van der Waals surface area contributed by atoms with Crippen LogP contribution in [-0.4, -0.2) is 4.98 Å². The van der Waals surface area contributed by atoms with Crippen LogP contribution in [-0.2, 0) is 0 Å². The molecule has 60 valence electrons. The molecule has 0 fully saturated rings. The van der Waals surface area contributed by atoms with Gasteiger partial charge in [-0.25, -0.2) is 4.39 Å². The summed E-state index contributed by atoms with van der Waals surface area (Å²) < 4.78 is 12.9. The summed E-state index contributed by atoms with van der Waals surface area (Å²) in [6, 6.07) is 0. The van der Waals surface area contributed by atoms with Gasteiger partial charge in [0.2, 0.25) is 0 Å². The van der Waals surface area contributed by atoms with E-state index in [1.807, 2.05) is 13.8 Å². The second-order valence-corrected chi connectivity index (χ2v) is 2.99. The van der Waals surface area contributed by atoms with Crippen molar-refractivity contribution in [3.63, 3.8) is 0 Å². The van der Waals surface area contributed by atoms with Crippen LogP contribution in [0, 0.1) is 12.7 Å². The van der Waals surface area contributed by atoms with Gasteiger partial charge >= 0.3 is 0 Å². The first-order chi connectivity index (χ1) is 5.13. The quantitative estimate of drug-likeness (QED) is 0.604. The van der Waals surface area contributed by atoms with Gasteiger partial charge in [0.25, 0.3) is 0 Å². The van der Waals surface area contributed by atoms with Crippen molar-refractivity contribution >= 4 is 0 Å². The third-order valence-corrected chi connectivity index (χ3v) is 1.81. The highest BCUT2D eigenvalue weighted by atomic mass is 19.1. The van der Waals surface area contributed by atoms with Crippen molar-refractivity contribution in [2.24, 2.45) is 0 Å². The third kappa shape index (κ3) is 1.56. The number of rotatable bonds is 1. The van der Waals surface area contributed by atoms with Gasteiger partial charge in [-0.15, -0.1) is 0 Å². The first-order valence-electron chi connectivity index (χ1n) is 3.73. The standard InChI is InChI=1S/C9H12FN/c1-6(2)8-4-11-5-9(10)7(8)3/h4-6H,1-3H3. The highest BCUT2D eigenvalue weighted by Gasteiger charge is 2.06. The molecule has 0 atom stereocenters. The fraction of sp³-hybridized carbons (Fsp3) is 0.444. The summed E-state index contributed by atoms with van der Waals surface area (Å²) in [5.74, 6) is 0.134. The van der Waals surface area contributed by atoms with Crippen molar-refractivity contribution in [1.29, 1.82) is 0 Å². The number of hydrogen-bond acceptors (Lipinski definition) is 1. The average molecular weight is 153 g/mol. The summed E-state index contributed by atoms with van der Waals surface area (Å²) >= 11 is 0. The van der Waals surface area contributed by atoms with Crippen LogP contribution >= 0.6 is 0 Å². The van der Waals surface area contributed by atoms with E-state index in [1.54, 1.807) is 13.1 Å². The summed E-state index contributed by atoms with van der Waals surface area (Å²) in [6.45, 7) is 5.85. The minimum atomic E-state index is -0.212. The molecule has 11 heavy (non-hydrogen) atoms. The van der Waals surface area contributed by atoms with Crippen LogP contribution in [0.3, 0.4) is 0 Å². The third-order valence-electron chi connectivity index (χ3n) is 1.81. The normalized spacial score (nSPS) is 10.6. The van der Waals surface area contributed by atoms with Crippen molar-refractivity contribution in [2.75, 3.05) is 0 Å². The molecule has 1 nitrogen and oxygen atoms in total. The Morgan fingerprint density at radius 1 is 1.36 bits per heavy atom. The Balaban J connectivity index is 3.17. The van der Waals surface area contributed by atoms with Crippen LogP contribution in [0.25, 0.3) is 0 Å². The Hall–Kier alpha value is -0.920. The van der Waals surface area contributed by atoms with Gasteiger partial charge in [0, 0.05) is 6.20 Å². The van der Waals surface area contributed by atoms with Gasteiger partial charge in [0.1, 0.15) is 5.82 Å². The zero-order chi connectivity index (χ0) is 8.43. The van der Waals surface area contributed by atoms with E-state index in [0.29, 0.717) is 5.92 Å². The van der Waals surface area contributed by atoms with Crippen LogP contribution in [0.4, 0.5) is 4.39 Å². The van der Waals surface area contributed by atoms with Gasteiger partial charge in [0.05, 0.1) is 6.20 Å². The molecule has 0 spiro atoms. The molecule has 0 aromatic carbocycles. The van der Waals surface area contributed by atoms with Crippen molar-refractivity contribution in [3.05, 3.63) is 29.3 Å². The van der Waals surface area contributed by atoms with E-state index in [4.69, 9.17) is 0 Å². The Labute approximate surface area is 66.3 Å². The summed E-state index contributed by atoms with van der Waals surface area (Å²) in [4.78, 5) is 3.79. The van der Waals surface area contributed by atoms with Gasteiger partial charge in [-0.1, -0.05) is 13.8 Å². The maximum absolute atomic E-state index is 12.9. The number of pyridine rings is 1. The van der Waals surface area contributed by atoms with Crippen LogP contribution in [0.1, 0.15) is 30.9 Å². The molecule has 0 amide bonds.